The summed E-state index contributed by atoms with van der Waals surface area (Å²) < 4.78 is 60.9. The number of carbonyl (C=O) groups is 4. The molecule has 3 fully saturated rings. The molecule has 3 aliphatic heterocycles. The van der Waals surface area contributed by atoms with Gasteiger partial charge in [0.05, 0.1) is 43.2 Å². The first kappa shape index (κ1) is 52.2. The van der Waals surface area contributed by atoms with Crippen LogP contribution in [-0.2, 0) is 59.0 Å². The first-order valence-electron chi connectivity index (χ1n) is 22.5. The molecule has 3 saturated heterocycles. The normalized spacial score (nSPS) is 36.3. The fourth-order valence-electron chi connectivity index (χ4n) is 9.20. The maximum atomic E-state index is 17.1. The van der Waals surface area contributed by atoms with E-state index in [-0.39, 0.29) is 56.5 Å². The van der Waals surface area contributed by atoms with Crippen LogP contribution in [-0.4, -0.2) is 142 Å². The molecule has 0 saturated carbocycles. The van der Waals surface area contributed by atoms with Crippen molar-refractivity contribution in [3.63, 3.8) is 0 Å². The number of nitrogen functional groups attached to an aromatic ring is 1. The van der Waals surface area contributed by atoms with Gasteiger partial charge in [0, 0.05) is 30.9 Å². The van der Waals surface area contributed by atoms with Crippen molar-refractivity contribution in [3.05, 3.63) is 30.2 Å². The van der Waals surface area contributed by atoms with E-state index in [9.17, 15) is 24.3 Å². The van der Waals surface area contributed by atoms with E-state index in [2.05, 4.69) is 20.1 Å². The zero-order valence-electron chi connectivity index (χ0n) is 40.1. The van der Waals surface area contributed by atoms with Gasteiger partial charge in [-0.05, 0) is 79.1 Å². The number of oxazole rings is 1. The summed E-state index contributed by atoms with van der Waals surface area (Å²) in [6.07, 6.45) is -5.20. The van der Waals surface area contributed by atoms with Crippen LogP contribution in [0.15, 0.2) is 39.0 Å². The molecular weight excluding hydrogens is 864 g/mol. The number of pyridine rings is 1. The van der Waals surface area contributed by atoms with Crippen molar-refractivity contribution in [2.45, 2.75) is 161 Å². The second-order valence-corrected chi connectivity index (χ2v) is 18.4. The molecule has 0 unspecified atom stereocenters. The fraction of sp³-hybridized carbons (Fsp3) is 0.696. The Labute approximate surface area is 385 Å². The molecule has 0 radical (unpaired) electrons. The van der Waals surface area contributed by atoms with Gasteiger partial charge in [-0.3, -0.25) is 14.4 Å². The van der Waals surface area contributed by atoms with Gasteiger partial charge in [-0.25, -0.2) is 24.1 Å². The number of carbonyl (C=O) groups excluding carboxylic acids is 4. The molecule has 366 valence electrons. The summed E-state index contributed by atoms with van der Waals surface area (Å²) in [6, 6.07) is 4.61. The molecule has 5 heterocycles. The number of amides is 1. The molecule has 0 spiro atoms. The van der Waals surface area contributed by atoms with Crippen LogP contribution >= 0.6 is 0 Å². The van der Waals surface area contributed by atoms with Crippen LogP contribution in [0.1, 0.15) is 101 Å². The number of fused-ring (bicyclic) bond motifs is 5. The van der Waals surface area contributed by atoms with Gasteiger partial charge < -0.3 is 53.4 Å². The Morgan fingerprint density at radius 1 is 1.06 bits per heavy atom. The van der Waals surface area contributed by atoms with E-state index < -0.39 is 101 Å². The van der Waals surface area contributed by atoms with Crippen LogP contribution in [0.3, 0.4) is 0 Å². The summed E-state index contributed by atoms with van der Waals surface area (Å²) in [5.41, 5.74) is 0.0614. The smallest absolute Gasteiger partial charge is 0.351 e. The number of aliphatic imine (C=N–C) groups is 1. The van der Waals surface area contributed by atoms with Gasteiger partial charge in [0.1, 0.15) is 40.9 Å². The number of rotatable bonds is 10. The molecular formula is C46H67FN6O13. The van der Waals surface area contributed by atoms with E-state index in [4.69, 9.17) is 43.4 Å². The number of hydrogen-bond donors (Lipinski definition) is 2. The molecule has 66 heavy (non-hydrogen) atoms. The number of esters is 2. The average Bonchev–Trinajstić information content (AvgIpc) is 3.73. The highest BCUT2D eigenvalue weighted by Crippen LogP contribution is 2.41. The summed E-state index contributed by atoms with van der Waals surface area (Å²) >= 11 is 0. The lowest BCUT2D eigenvalue weighted by atomic mass is 9.73. The van der Waals surface area contributed by atoms with Crippen LogP contribution in [0.25, 0.3) is 11.6 Å². The Morgan fingerprint density at radius 3 is 2.41 bits per heavy atom. The summed E-state index contributed by atoms with van der Waals surface area (Å²) in [7, 11) is 3.63. The monoisotopic (exact) mass is 930 g/mol. The van der Waals surface area contributed by atoms with Crippen molar-refractivity contribution < 1.29 is 66.4 Å². The fourth-order valence-corrected chi connectivity index (χ4v) is 9.20. The van der Waals surface area contributed by atoms with Crippen molar-refractivity contribution in [3.8, 4) is 11.6 Å². The third-order valence-corrected chi connectivity index (χ3v) is 12.6. The molecule has 1 amide bonds. The lowest BCUT2D eigenvalue weighted by Gasteiger charge is -2.48. The lowest BCUT2D eigenvalue weighted by Crippen LogP contribution is -2.62. The number of nitrogens with zero attached hydrogens (tertiary/aromatic N) is 5. The summed E-state index contributed by atoms with van der Waals surface area (Å²) in [5, 5.41) is 16.9. The molecule has 2 aromatic heterocycles. The van der Waals surface area contributed by atoms with Gasteiger partial charge in [0.2, 0.25) is 11.8 Å². The topological polar surface area (TPSA) is 246 Å². The van der Waals surface area contributed by atoms with Crippen LogP contribution < -0.4 is 5.73 Å². The Hall–Kier alpha value is -4.73. The molecule has 2 bridgehead atoms. The number of aromatic nitrogens is 2. The second-order valence-electron chi connectivity index (χ2n) is 18.4. The van der Waals surface area contributed by atoms with Crippen molar-refractivity contribution in [2.75, 3.05) is 33.0 Å². The molecule has 3 N–H and O–H groups in total. The predicted molar refractivity (Wildman–Crippen MR) is 237 cm³/mol. The van der Waals surface area contributed by atoms with E-state index >= 15 is 4.39 Å². The number of ketones is 1. The van der Waals surface area contributed by atoms with Gasteiger partial charge in [0.25, 0.3) is 5.67 Å². The molecule has 13 atom stereocenters. The average molecular weight is 931 g/mol. The first-order valence-corrected chi connectivity index (χ1v) is 22.5. The number of ether oxygens (including phenoxy) is 6. The third kappa shape index (κ3) is 11.9. The Balaban J connectivity index is 1.70. The number of alkyl halides is 1. The van der Waals surface area contributed by atoms with E-state index in [1.54, 1.807) is 45.9 Å². The van der Waals surface area contributed by atoms with Gasteiger partial charge in [-0.1, -0.05) is 45.8 Å². The highest BCUT2D eigenvalue weighted by atomic mass is 19.1. The highest BCUT2D eigenvalue weighted by molar-refractivity contribution is 6.08. The zero-order chi connectivity index (χ0) is 48.9. The molecule has 2 aromatic rings. The van der Waals surface area contributed by atoms with E-state index in [1.165, 1.54) is 27.0 Å². The Bertz CT molecular complexity index is 2110. The quantitative estimate of drug-likeness (QED) is 0.184. The number of anilines is 1. The first-order chi connectivity index (χ1) is 30.9. The van der Waals surface area contributed by atoms with Crippen molar-refractivity contribution >= 4 is 40.9 Å². The molecule has 3 aliphatic rings. The van der Waals surface area contributed by atoms with Crippen LogP contribution in [0, 0.1) is 17.8 Å². The van der Waals surface area contributed by atoms with Gasteiger partial charge >= 0.3 is 11.9 Å². The van der Waals surface area contributed by atoms with Crippen LogP contribution in [0.5, 0.6) is 0 Å². The maximum absolute atomic E-state index is 17.1. The molecule has 20 heteroatoms. The second kappa shape index (κ2) is 21.5. The van der Waals surface area contributed by atoms with E-state index in [0.29, 0.717) is 23.5 Å². The number of hydrogen-bond acceptors (Lipinski definition) is 18. The standard InChI is InChI=1S/C46H67FN6O13/c1-13-33-46(10,58)40-26(5)36(51-35(55)14-2)24(3)19-44(8,61-22-30(21-59-40)52-62-23-29-20-60-41(49-29)31-16-15-17-34(48)50-31)39(27(6)38(56)45(9,47)43(57)65-33)66-42-37(64-28(7)54)32(53(11)12)18-25(4)63-42/h15-17,20,24-27,32-33,37,39-40,42,58H,13-14,18-19,21-23H2,1-12H3,(H2,48,50)/t24-,25-,26+,27+,32+,33-,37-,39-,40-,42+,44-,45+,46-/m1/s1. The Morgan fingerprint density at radius 2 is 1.77 bits per heavy atom. The van der Waals surface area contributed by atoms with Gasteiger partial charge in [0.15, 0.2) is 24.8 Å². The summed E-state index contributed by atoms with van der Waals surface area (Å²) in [5.74, 6) is -6.39. The number of Topliss-reactive ketones (excluding diaryl/α,β-unsaturated/α-hetero) is 1. The van der Waals surface area contributed by atoms with Crippen LogP contribution in [0.2, 0.25) is 0 Å². The molecule has 19 nitrogen and oxygen atoms in total. The molecule has 0 aliphatic carbocycles. The number of oxime groups is 1. The zero-order valence-corrected chi connectivity index (χ0v) is 40.1. The van der Waals surface area contributed by atoms with E-state index in [0.717, 1.165) is 6.92 Å². The highest BCUT2D eigenvalue weighted by Gasteiger charge is 2.57. The van der Waals surface area contributed by atoms with Crippen LogP contribution in [0.4, 0.5) is 10.2 Å². The number of aliphatic hydroxyl groups is 1. The minimum absolute atomic E-state index is 0.0371. The lowest BCUT2D eigenvalue weighted by molar-refractivity contribution is -0.299. The maximum Gasteiger partial charge on any atom is 0.351 e. The minimum Gasteiger partial charge on any atom is -0.457 e. The van der Waals surface area contributed by atoms with E-state index in [1.807, 2.05) is 32.8 Å². The number of likely N-dealkylation sites (N-methyl/N-ethyl adjacent to an activating group) is 1. The van der Waals surface area contributed by atoms with Crippen molar-refractivity contribution in [2.24, 2.45) is 27.9 Å². The van der Waals surface area contributed by atoms with Crippen molar-refractivity contribution in [1.82, 2.24) is 14.9 Å². The predicted octanol–water partition coefficient (Wildman–Crippen LogP) is 4.81. The minimum atomic E-state index is -3.27. The molecule has 0 aromatic carbocycles. The molecule has 5 rings (SSSR count). The van der Waals surface area contributed by atoms with Crippen molar-refractivity contribution in [1.29, 1.82) is 0 Å². The van der Waals surface area contributed by atoms with Gasteiger partial charge in [-0.15, -0.1) is 0 Å². The summed E-state index contributed by atoms with van der Waals surface area (Å²) in [4.78, 5) is 75.5. The number of nitrogens with two attached hydrogens (primary N) is 1. The number of halogens is 1. The number of cyclic esters (lactones) is 1. The Kier molecular flexibility index (Phi) is 17.0. The largest absolute Gasteiger partial charge is 0.457 e. The summed E-state index contributed by atoms with van der Waals surface area (Å²) in [6.45, 7) is 14.3. The SMILES string of the molecule is CCC(=O)N=C1[C@H](C)C[C@@]2(C)OCC(=NOCc3coc(-c4cccc(N)n4)n3)CO[C@H]([C@H]1C)[C@](C)(O)[C@@H](CC)OC(=O)[C@@](C)(F)C(=O)[C@H](C)[C@H]2O[C@@H]1O[C@H](C)C[C@H](N(C)C)[C@H]1OC(C)=O. The third-order valence-electron chi connectivity index (χ3n) is 12.6. The van der Waals surface area contributed by atoms with Gasteiger partial charge in [-0.2, -0.15) is 0 Å².